The van der Waals surface area contributed by atoms with Gasteiger partial charge in [0.1, 0.15) is 5.25 Å². The lowest BCUT2D eigenvalue weighted by Crippen LogP contribution is -2.43. The average molecular weight is 462 g/mol. The van der Waals surface area contributed by atoms with E-state index in [4.69, 9.17) is 11.6 Å². The molecule has 0 spiro atoms. The maximum Gasteiger partial charge on any atom is 0.236 e. The van der Waals surface area contributed by atoms with E-state index < -0.39 is 5.25 Å². The van der Waals surface area contributed by atoms with Crippen molar-refractivity contribution in [2.24, 2.45) is 0 Å². The van der Waals surface area contributed by atoms with Gasteiger partial charge in [-0.1, -0.05) is 96.2 Å². The molecule has 160 valence electrons. The number of hydrogen-bond donors (Lipinski definition) is 2. The Morgan fingerprint density at radius 1 is 0.969 bits per heavy atom. The summed E-state index contributed by atoms with van der Waals surface area (Å²) in [7, 11) is 0. The fourth-order valence-corrected chi connectivity index (χ4v) is 4.87. The predicted octanol–water partition coefficient (Wildman–Crippen LogP) is 4.67. The second-order valence-electron chi connectivity index (χ2n) is 7.41. The van der Waals surface area contributed by atoms with Crippen molar-refractivity contribution in [2.75, 3.05) is 5.43 Å². The van der Waals surface area contributed by atoms with Gasteiger partial charge in [0.25, 0.3) is 0 Å². The molecule has 1 amide bonds. The second-order valence-corrected chi connectivity index (χ2v) is 8.95. The Bertz CT molecular complexity index is 1210. The zero-order valence-corrected chi connectivity index (χ0v) is 18.6. The predicted molar refractivity (Wildman–Crippen MR) is 127 cm³/mol. The lowest BCUT2D eigenvalue weighted by atomic mass is 10.0. The molecule has 32 heavy (non-hydrogen) atoms. The highest BCUT2D eigenvalue weighted by molar-refractivity contribution is 8.00. The Morgan fingerprint density at radius 2 is 1.66 bits per heavy atom. The highest BCUT2D eigenvalue weighted by Gasteiger charge is 2.37. The van der Waals surface area contributed by atoms with Gasteiger partial charge in [0, 0.05) is 17.1 Å². The van der Waals surface area contributed by atoms with Gasteiger partial charge < -0.3 is 10.7 Å². The Kier molecular flexibility index (Phi) is 5.83. The summed E-state index contributed by atoms with van der Waals surface area (Å²) in [5.74, 6) is 0.636. The Hall–Kier alpha value is -3.29. The quantitative estimate of drug-likeness (QED) is 0.451. The van der Waals surface area contributed by atoms with Crippen LogP contribution < -0.4 is 10.7 Å². The molecular formula is C24H20ClN5OS. The van der Waals surface area contributed by atoms with Crippen molar-refractivity contribution in [3.63, 3.8) is 0 Å². The van der Waals surface area contributed by atoms with Crippen LogP contribution in [-0.2, 0) is 11.3 Å². The van der Waals surface area contributed by atoms with E-state index >= 15 is 0 Å². The first-order chi connectivity index (χ1) is 15.7. The van der Waals surface area contributed by atoms with Crippen LogP contribution in [0.4, 0.5) is 0 Å². The zero-order chi connectivity index (χ0) is 21.9. The van der Waals surface area contributed by atoms with Gasteiger partial charge in [-0.2, -0.15) is 0 Å². The van der Waals surface area contributed by atoms with Crippen molar-refractivity contribution >= 4 is 29.3 Å². The topological polar surface area (TPSA) is 71.8 Å². The van der Waals surface area contributed by atoms with Crippen LogP contribution in [0.25, 0.3) is 11.4 Å². The van der Waals surface area contributed by atoms with E-state index in [0.29, 0.717) is 22.5 Å². The molecule has 8 heteroatoms. The first-order valence-electron chi connectivity index (χ1n) is 10.2. The molecule has 0 radical (unpaired) electrons. The molecule has 2 N–H and O–H groups in total. The smallest absolute Gasteiger partial charge is 0.236 e. The number of rotatable bonds is 5. The molecule has 0 bridgehead atoms. The average Bonchev–Trinajstić information content (AvgIpc) is 3.26. The van der Waals surface area contributed by atoms with E-state index in [1.807, 2.05) is 89.6 Å². The molecule has 2 atom stereocenters. The lowest BCUT2D eigenvalue weighted by molar-refractivity contribution is -0.121. The third-order valence-electron chi connectivity index (χ3n) is 5.27. The van der Waals surface area contributed by atoms with Gasteiger partial charge in [-0.25, -0.2) is 4.68 Å². The van der Waals surface area contributed by atoms with E-state index in [1.165, 1.54) is 11.8 Å². The van der Waals surface area contributed by atoms with Crippen LogP contribution in [-0.4, -0.2) is 26.0 Å². The maximum absolute atomic E-state index is 13.3. The minimum atomic E-state index is -0.430. The van der Waals surface area contributed by atoms with Crippen LogP contribution >= 0.6 is 23.4 Å². The third kappa shape index (κ3) is 4.22. The minimum Gasteiger partial charge on any atom is -0.351 e. The van der Waals surface area contributed by atoms with Crippen LogP contribution in [0, 0.1) is 0 Å². The SMILES string of the molecule is O=C(NCc1ccccc1)C1Sc2nnc(-c3ccccc3)n2NC1c1ccc(Cl)cc1. The van der Waals surface area contributed by atoms with E-state index in [0.717, 1.165) is 16.7 Å². The Labute approximate surface area is 195 Å². The van der Waals surface area contributed by atoms with Gasteiger partial charge in [0.2, 0.25) is 11.1 Å². The fraction of sp³-hybridized carbons (Fsp3) is 0.125. The monoisotopic (exact) mass is 461 g/mol. The Balaban J connectivity index is 1.46. The van der Waals surface area contributed by atoms with E-state index in [1.54, 1.807) is 0 Å². The molecule has 0 fully saturated rings. The number of halogens is 1. The summed E-state index contributed by atoms with van der Waals surface area (Å²) in [5.41, 5.74) is 6.43. The molecule has 1 aromatic heterocycles. The molecule has 3 aromatic carbocycles. The number of nitrogens with one attached hydrogen (secondary N) is 2. The molecular weight excluding hydrogens is 442 g/mol. The van der Waals surface area contributed by atoms with E-state index in [-0.39, 0.29) is 11.9 Å². The van der Waals surface area contributed by atoms with Crippen molar-refractivity contribution in [1.29, 1.82) is 0 Å². The third-order valence-corrected chi connectivity index (χ3v) is 6.73. The number of aromatic nitrogens is 3. The maximum atomic E-state index is 13.3. The Morgan fingerprint density at radius 3 is 2.38 bits per heavy atom. The lowest BCUT2D eigenvalue weighted by Gasteiger charge is -2.33. The van der Waals surface area contributed by atoms with Crippen molar-refractivity contribution < 1.29 is 4.79 Å². The van der Waals surface area contributed by atoms with Crippen LogP contribution in [0.5, 0.6) is 0 Å². The first kappa shape index (κ1) is 20.6. The largest absolute Gasteiger partial charge is 0.351 e. The van der Waals surface area contributed by atoms with E-state index in [9.17, 15) is 4.79 Å². The summed E-state index contributed by atoms with van der Waals surface area (Å²) in [6.07, 6.45) is 0. The highest BCUT2D eigenvalue weighted by atomic mass is 35.5. The summed E-state index contributed by atoms with van der Waals surface area (Å²) in [6.45, 7) is 0.464. The van der Waals surface area contributed by atoms with Crippen LogP contribution in [0.1, 0.15) is 17.2 Å². The van der Waals surface area contributed by atoms with Gasteiger partial charge >= 0.3 is 0 Å². The molecule has 0 saturated carbocycles. The summed E-state index contributed by atoms with van der Waals surface area (Å²) in [5, 5.41) is 12.6. The number of carbonyl (C=O) groups is 1. The number of carbonyl (C=O) groups excluding carboxylic acids is 1. The van der Waals surface area contributed by atoms with Gasteiger partial charge in [-0.3, -0.25) is 4.79 Å². The first-order valence-corrected chi connectivity index (χ1v) is 11.5. The van der Waals surface area contributed by atoms with Crippen LogP contribution in [0.3, 0.4) is 0 Å². The second kappa shape index (κ2) is 9.06. The van der Waals surface area contributed by atoms with Gasteiger partial charge in [-0.05, 0) is 23.3 Å². The number of benzene rings is 3. The minimum absolute atomic E-state index is 0.0678. The van der Waals surface area contributed by atoms with Gasteiger partial charge in [-0.15, -0.1) is 10.2 Å². The molecule has 5 rings (SSSR count). The molecule has 2 heterocycles. The van der Waals surface area contributed by atoms with Crippen molar-refractivity contribution in [2.45, 2.75) is 23.0 Å². The summed E-state index contributed by atoms with van der Waals surface area (Å²) in [4.78, 5) is 13.3. The fourth-order valence-electron chi connectivity index (χ4n) is 3.64. The number of thioether (sulfide) groups is 1. The molecule has 6 nitrogen and oxygen atoms in total. The van der Waals surface area contributed by atoms with Crippen molar-refractivity contribution in [3.05, 3.63) is 101 Å². The highest BCUT2D eigenvalue weighted by Crippen LogP contribution is 2.38. The van der Waals surface area contributed by atoms with Gasteiger partial charge in [0.15, 0.2) is 5.82 Å². The molecule has 0 aliphatic carbocycles. The number of nitrogens with zero attached hydrogens (tertiary/aromatic N) is 3. The number of amides is 1. The number of hydrogen-bond acceptors (Lipinski definition) is 5. The summed E-state index contributed by atoms with van der Waals surface area (Å²) in [6, 6.07) is 27.0. The van der Waals surface area contributed by atoms with Crippen LogP contribution in [0.15, 0.2) is 90.1 Å². The molecule has 0 saturated heterocycles. The standard InChI is InChI=1S/C24H20ClN5OS/c25-19-13-11-17(12-14-19)20-21(23(31)26-15-16-7-3-1-4-8-16)32-24-28-27-22(30(24)29-20)18-9-5-2-6-10-18/h1-14,20-21,29H,15H2,(H,26,31). The van der Waals surface area contributed by atoms with Crippen LogP contribution in [0.2, 0.25) is 5.02 Å². The molecule has 1 aliphatic heterocycles. The molecule has 4 aromatic rings. The zero-order valence-electron chi connectivity index (χ0n) is 17.0. The summed E-state index contributed by atoms with van der Waals surface area (Å²) >= 11 is 7.51. The molecule has 2 unspecified atom stereocenters. The van der Waals surface area contributed by atoms with Gasteiger partial charge in [0.05, 0.1) is 6.04 Å². The normalized spacial score (nSPS) is 17.3. The molecule has 1 aliphatic rings. The van der Waals surface area contributed by atoms with Crippen molar-refractivity contribution in [3.8, 4) is 11.4 Å². The van der Waals surface area contributed by atoms with Crippen molar-refractivity contribution in [1.82, 2.24) is 20.2 Å². The summed E-state index contributed by atoms with van der Waals surface area (Å²) < 4.78 is 1.86. The van der Waals surface area contributed by atoms with E-state index in [2.05, 4.69) is 20.9 Å². The number of fused-ring (bicyclic) bond motifs is 1.